The van der Waals surface area contributed by atoms with Crippen molar-refractivity contribution in [2.75, 3.05) is 19.6 Å². The quantitative estimate of drug-likeness (QED) is 0.741. The van der Waals surface area contributed by atoms with E-state index in [1.807, 2.05) is 33.7 Å². The zero-order valence-corrected chi connectivity index (χ0v) is 17.6. The Labute approximate surface area is 180 Å². The number of rotatable bonds is 5. The van der Waals surface area contributed by atoms with E-state index in [-0.39, 0.29) is 23.8 Å². The molecule has 2 aromatic heterocycles. The molecule has 5 rings (SSSR count). The number of urea groups is 1. The Morgan fingerprint density at radius 3 is 2.84 bits per heavy atom. The highest BCUT2D eigenvalue weighted by Gasteiger charge is 2.52. The highest BCUT2D eigenvalue weighted by atomic mass is 16.2. The monoisotopic (exact) mass is 424 g/mol. The first-order valence-electron chi connectivity index (χ1n) is 11.3. The minimum Gasteiger partial charge on any atom is -0.342 e. The topological polar surface area (TPSA) is 99.9 Å². The van der Waals surface area contributed by atoms with Crippen LogP contribution in [0.3, 0.4) is 0 Å². The van der Waals surface area contributed by atoms with E-state index in [1.54, 1.807) is 0 Å². The number of fused-ring (bicyclic) bond motifs is 1. The number of amides is 4. The molecule has 4 heterocycles. The van der Waals surface area contributed by atoms with Gasteiger partial charge in [0, 0.05) is 38.2 Å². The Hall–Kier alpha value is -2.97. The van der Waals surface area contributed by atoms with Crippen molar-refractivity contribution in [3.8, 4) is 0 Å². The molecule has 9 nitrogen and oxygen atoms in total. The second-order valence-electron chi connectivity index (χ2n) is 8.95. The van der Waals surface area contributed by atoms with Gasteiger partial charge in [-0.15, -0.1) is 10.2 Å². The smallest absolute Gasteiger partial charge is 0.325 e. The molecular weight excluding hydrogens is 396 g/mol. The Balaban J connectivity index is 1.16. The zero-order chi connectivity index (χ0) is 21.4. The number of carbonyl (C=O) groups excluding carboxylic acids is 3. The van der Waals surface area contributed by atoms with Crippen LogP contribution in [0.2, 0.25) is 0 Å². The van der Waals surface area contributed by atoms with Crippen LogP contribution in [-0.2, 0) is 9.59 Å². The minimum atomic E-state index is -0.678. The van der Waals surface area contributed by atoms with Crippen LogP contribution in [0.25, 0.3) is 5.65 Å². The van der Waals surface area contributed by atoms with Gasteiger partial charge in [-0.2, -0.15) is 0 Å². The van der Waals surface area contributed by atoms with Gasteiger partial charge in [0.1, 0.15) is 11.4 Å². The van der Waals surface area contributed by atoms with E-state index in [2.05, 4.69) is 15.5 Å². The third kappa shape index (κ3) is 3.55. The van der Waals surface area contributed by atoms with Crippen LogP contribution < -0.4 is 5.32 Å². The number of nitrogens with zero attached hydrogens (tertiary/aromatic N) is 5. The van der Waals surface area contributed by atoms with Crippen molar-refractivity contribution >= 4 is 23.5 Å². The van der Waals surface area contributed by atoms with Gasteiger partial charge in [0.15, 0.2) is 5.65 Å². The molecule has 9 heteroatoms. The van der Waals surface area contributed by atoms with Gasteiger partial charge in [-0.1, -0.05) is 18.9 Å². The molecule has 4 amide bonds. The molecular formula is C22H28N6O3. The predicted molar refractivity (Wildman–Crippen MR) is 112 cm³/mol. The maximum Gasteiger partial charge on any atom is 0.325 e. The van der Waals surface area contributed by atoms with Gasteiger partial charge in [0.2, 0.25) is 5.91 Å². The van der Waals surface area contributed by atoms with Crippen LogP contribution in [0.15, 0.2) is 24.4 Å². The third-order valence-electron chi connectivity index (χ3n) is 6.95. The number of likely N-dealkylation sites (tertiary alicyclic amines) is 1. The standard InChI is InChI=1S/C22H28N6O3/c29-18(9-6-14-28-20(30)22(23-21(28)31)10-2-3-11-22)26-12-5-7-16(15-26)19-25-24-17-8-1-4-13-27(17)19/h1,4,8,13,16H,2-3,5-7,9-12,14-15H2,(H,23,31)/t16-/m1/s1. The molecule has 2 aliphatic heterocycles. The molecule has 164 valence electrons. The largest absolute Gasteiger partial charge is 0.342 e. The zero-order valence-electron chi connectivity index (χ0n) is 17.6. The van der Waals surface area contributed by atoms with Crippen molar-refractivity contribution in [1.82, 2.24) is 29.7 Å². The second-order valence-corrected chi connectivity index (χ2v) is 8.95. The summed E-state index contributed by atoms with van der Waals surface area (Å²) in [6.07, 6.45) is 8.06. The highest BCUT2D eigenvalue weighted by Crippen LogP contribution is 2.35. The summed E-state index contributed by atoms with van der Waals surface area (Å²) in [5, 5.41) is 11.5. The summed E-state index contributed by atoms with van der Waals surface area (Å²) in [5.74, 6) is 1.01. The summed E-state index contributed by atoms with van der Waals surface area (Å²) < 4.78 is 2.00. The summed E-state index contributed by atoms with van der Waals surface area (Å²) in [5.41, 5.74) is 0.136. The number of nitrogens with one attached hydrogen (secondary N) is 1. The number of imide groups is 1. The molecule has 3 aliphatic rings. The molecule has 1 saturated carbocycles. The Morgan fingerprint density at radius 1 is 1.16 bits per heavy atom. The molecule has 0 unspecified atom stereocenters. The van der Waals surface area contributed by atoms with Gasteiger partial charge in [-0.05, 0) is 44.2 Å². The summed E-state index contributed by atoms with van der Waals surface area (Å²) in [7, 11) is 0. The molecule has 1 N–H and O–H groups in total. The molecule has 2 saturated heterocycles. The number of hydrogen-bond acceptors (Lipinski definition) is 5. The van der Waals surface area contributed by atoms with E-state index >= 15 is 0 Å². The fourth-order valence-electron chi connectivity index (χ4n) is 5.30. The lowest BCUT2D eigenvalue weighted by Gasteiger charge is -2.32. The fourth-order valence-corrected chi connectivity index (χ4v) is 5.30. The minimum absolute atomic E-state index is 0.0705. The SMILES string of the molecule is O=C(CCCN1C(=O)NC2(CCCC2)C1=O)N1CCC[C@@H](c2nnc3ccccn23)C1. The molecule has 2 aromatic rings. The van der Waals surface area contributed by atoms with E-state index in [4.69, 9.17) is 0 Å². The van der Waals surface area contributed by atoms with Gasteiger partial charge in [-0.25, -0.2) is 4.79 Å². The van der Waals surface area contributed by atoms with Crippen LogP contribution in [0.5, 0.6) is 0 Å². The maximum absolute atomic E-state index is 12.8. The van der Waals surface area contributed by atoms with Crippen molar-refractivity contribution in [2.45, 2.75) is 62.8 Å². The number of pyridine rings is 1. The average molecular weight is 425 g/mol. The van der Waals surface area contributed by atoms with Crippen molar-refractivity contribution in [1.29, 1.82) is 0 Å². The molecule has 0 radical (unpaired) electrons. The van der Waals surface area contributed by atoms with E-state index in [0.717, 1.165) is 56.5 Å². The molecule has 3 fully saturated rings. The predicted octanol–water partition coefficient (Wildman–Crippen LogP) is 2.08. The Bertz CT molecular complexity index is 1010. The van der Waals surface area contributed by atoms with E-state index in [9.17, 15) is 14.4 Å². The molecule has 31 heavy (non-hydrogen) atoms. The van der Waals surface area contributed by atoms with Crippen LogP contribution in [-0.4, -0.2) is 67.4 Å². The summed E-state index contributed by atoms with van der Waals surface area (Å²) in [4.78, 5) is 41.1. The lowest BCUT2D eigenvalue weighted by Crippen LogP contribution is -2.44. The van der Waals surface area contributed by atoms with Crippen molar-refractivity contribution in [3.63, 3.8) is 0 Å². The first-order valence-corrected chi connectivity index (χ1v) is 11.3. The van der Waals surface area contributed by atoms with Crippen LogP contribution >= 0.6 is 0 Å². The van der Waals surface area contributed by atoms with Gasteiger partial charge < -0.3 is 10.2 Å². The van der Waals surface area contributed by atoms with E-state index in [1.165, 1.54) is 4.90 Å². The second kappa shape index (κ2) is 7.94. The van der Waals surface area contributed by atoms with Crippen LogP contribution in [0.4, 0.5) is 4.79 Å². The summed E-state index contributed by atoms with van der Waals surface area (Å²) in [6.45, 7) is 1.66. The van der Waals surface area contributed by atoms with Crippen molar-refractivity contribution in [2.24, 2.45) is 0 Å². The molecule has 0 bridgehead atoms. The van der Waals surface area contributed by atoms with Crippen LogP contribution in [0, 0.1) is 0 Å². The van der Waals surface area contributed by atoms with Crippen LogP contribution in [0.1, 0.15) is 63.1 Å². The molecule has 0 aromatic carbocycles. The first kappa shape index (κ1) is 20.0. The average Bonchev–Trinajstić information content (AvgIpc) is 3.49. The lowest BCUT2D eigenvalue weighted by molar-refractivity contribution is -0.134. The number of carbonyl (C=O) groups is 3. The summed E-state index contributed by atoms with van der Waals surface area (Å²) >= 11 is 0. The Kier molecular flexibility index (Phi) is 5.11. The third-order valence-corrected chi connectivity index (χ3v) is 6.95. The number of aromatic nitrogens is 3. The van der Waals surface area contributed by atoms with Gasteiger partial charge >= 0.3 is 6.03 Å². The fraction of sp³-hybridized carbons (Fsp3) is 0.591. The van der Waals surface area contributed by atoms with Crippen molar-refractivity contribution < 1.29 is 14.4 Å². The molecule has 1 atom stereocenters. The highest BCUT2D eigenvalue weighted by molar-refractivity contribution is 6.07. The van der Waals surface area contributed by atoms with Gasteiger partial charge in [0.25, 0.3) is 5.91 Å². The normalized spacial score (nSPS) is 23.2. The molecule has 1 spiro atoms. The Morgan fingerprint density at radius 2 is 2.00 bits per heavy atom. The summed E-state index contributed by atoms with van der Waals surface area (Å²) in [6, 6.07) is 5.51. The molecule has 1 aliphatic carbocycles. The van der Waals surface area contributed by atoms with Gasteiger partial charge in [-0.3, -0.25) is 18.9 Å². The van der Waals surface area contributed by atoms with Crippen molar-refractivity contribution in [3.05, 3.63) is 30.2 Å². The van der Waals surface area contributed by atoms with Gasteiger partial charge in [0.05, 0.1) is 0 Å². The van der Waals surface area contributed by atoms with E-state index < -0.39 is 5.54 Å². The maximum atomic E-state index is 12.8. The number of piperidine rings is 1. The lowest BCUT2D eigenvalue weighted by atomic mass is 9.96. The number of hydrogen-bond donors (Lipinski definition) is 1. The first-order chi connectivity index (χ1) is 15.1. The van der Waals surface area contributed by atoms with E-state index in [0.29, 0.717) is 25.9 Å².